The molecule has 0 unspecified atom stereocenters. The van der Waals surface area contributed by atoms with Crippen molar-refractivity contribution in [3.8, 4) is 0 Å². The first-order valence-electron chi connectivity index (χ1n) is 4.58. The van der Waals surface area contributed by atoms with E-state index in [4.69, 9.17) is 16.7 Å². The number of urea groups is 1. The first kappa shape index (κ1) is 12.3. The van der Waals surface area contributed by atoms with Gasteiger partial charge in [-0.2, -0.15) is 0 Å². The van der Waals surface area contributed by atoms with Gasteiger partial charge in [-0.15, -0.1) is 11.6 Å². The summed E-state index contributed by atoms with van der Waals surface area (Å²) in [5.41, 5.74) is 0.297. The van der Waals surface area contributed by atoms with Crippen molar-refractivity contribution in [2.24, 2.45) is 0 Å². The molecule has 1 rings (SSSR count). The number of rotatable bonds is 4. The zero-order valence-electron chi connectivity index (χ0n) is 8.37. The highest BCUT2D eigenvalue weighted by molar-refractivity contribution is 6.18. The smallest absolute Gasteiger partial charge is 0.337 e. The number of carboxylic acids is 1. The molecule has 1 aromatic rings. The summed E-state index contributed by atoms with van der Waals surface area (Å²) >= 11 is 5.39. The summed E-state index contributed by atoms with van der Waals surface area (Å²) in [6.07, 6.45) is 0. The quantitative estimate of drug-likeness (QED) is 0.704. The number of alkyl halides is 1. The fraction of sp³-hybridized carbons (Fsp3) is 0.200. The fourth-order valence-electron chi connectivity index (χ4n) is 1.11. The van der Waals surface area contributed by atoms with Crippen molar-refractivity contribution >= 4 is 29.3 Å². The molecule has 0 aliphatic carbocycles. The van der Waals surface area contributed by atoms with Crippen molar-refractivity contribution < 1.29 is 14.7 Å². The van der Waals surface area contributed by atoms with Gasteiger partial charge in [0.05, 0.1) is 11.3 Å². The monoisotopic (exact) mass is 242 g/mol. The number of nitrogens with one attached hydrogen (secondary N) is 2. The van der Waals surface area contributed by atoms with Gasteiger partial charge in [0.15, 0.2) is 0 Å². The molecule has 5 nitrogen and oxygen atoms in total. The Morgan fingerprint density at radius 3 is 2.62 bits per heavy atom. The van der Waals surface area contributed by atoms with Crippen LogP contribution in [0.5, 0.6) is 0 Å². The van der Waals surface area contributed by atoms with E-state index in [9.17, 15) is 9.59 Å². The van der Waals surface area contributed by atoms with Crippen LogP contribution in [-0.4, -0.2) is 29.5 Å². The van der Waals surface area contributed by atoms with Crippen molar-refractivity contribution in [3.05, 3.63) is 29.8 Å². The molecule has 0 radical (unpaired) electrons. The van der Waals surface area contributed by atoms with Crippen LogP contribution in [0.3, 0.4) is 0 Å². The predicted molar refractivity (Wildman–Crippen MR) is 61.1 cm³/mol. The molecule has 0 fully saturated rings. The highest BCUT2D eigenvalue weighted by atomic mass is 35.5. The molecule has 86 valence electrons. The fourth-order valence-corrected chi connectivity index (χ4v) is 1.20. The molecule has 0 aromatic heterocycles. The van der Waals surface area contributed by atoms with Gasteiger partial charge in [-0.25, -0.2) is 9.59 Å². The Balaban J connectivity index is 2.73. The van der Waals surface area contributed by atoms with Crippen LogP contribution in [0, 0.1) is 0 Å². The first-order valence-corrected chi connectivity index (χ1v) is 5.11. The molecule has 1 aromatic carbocycles. The SMILES string of the molecule is O=C(NCCCl)Nc1ccccc1C(=O)O. The number of hydrogen-bond donors (Lipinski definition) is 3. The minimum atomic E-state index is -1.09. The summed E-state index contributed by atoms with van der Waals surface area (Å²) in [7, 11) is 0. The van der Waals surface area contributed by atoms with E-state index in [1.165, 1.54) is 12.1 Å². The van der Waals surface area contributed by atoms with Gasteiger partial charge < -0.3 is 15.7 Å². The molecule has 0 aliphatic heterocycles. The molecular weight excluding hydrogens is 232 g/mol. The molecule has 0 bridgehead atoms. The van der Waals surface area contributed by atoms with Crippen LogP contribution < -0.4 is 10.6 Å². The minimum Gasteiger partial charge on any atom is -0.478 e. The van der Waals surface area contributed by atoms with Crippen molar-refractivity contribution in [2.45, 2.75) is 0 Å². The number of benzene rings is 1. The van der Waals surface area contributed by atoms with Gasteiger partial charge in [-0.05, 0) is 12.1 Å². The van der Waals surface area contributed by atoms with Crippen molar-refractivity contribution in [3.63, 3.8) is 0 Å². The summed E-state index contributed by atoms with van der Waals surface area (Å²) in [5.74, 6) is -0.790. The Kier molecular flexibility index (Phi) is 4.60. The van der Waals surface area contributed by atoms with Crippen molar-refractivity contribution in [1.29, 1.82) is 0 Å². The van der Waals surface area contributed by atoms with Crippen molar-refractivity contribution in [2.75, 3.05) is 17.7 Å². The molecule has 0 atom stereocenters. The van der Waals surface area contributed by atoms with Crippen LogP contribution in [0.15, 0.2) is 24.3 Å². The van der Waals surface area contributed by atoms with Gasteiger partial charge in [-0.1, -0.05) is 12.1 Å². The topological polar surface area (TPSA) is 78.4 Å². The van der Waals surface area contributed by atoms with E-state index in [0.717, 1.165) is 0 Å². The van der Waals surface area contributed by atoms with Crippen LogP contribution >= 0.6 is 11.6 Å². The lowest BCUT2D eigenvalue weighted by atomic mass is 10.2. The number of carboxylic acid groups (broad SMARTS) is 1. The predicted octanol–water partition coefficient (Wildman–Crippen LogP) is 1.75. The maximum Gasteiger partial charge on any atom is 0.337 e. The van der Waals surface area contributed by atoms with E-state index in [2.05, 4.69) is 10.6 Å². The minimum absolute atomic E-state index is 0.0449. The van der Waals surface area contributed by atoms with Crippen LogP contribution in [0.1, 0.15) is 10.4 Å². The number of para-hydroxylation sites is 1. The molecule has 0 aliphatic rings. The Labute approximate surface area is 97.4 Å². The third-order valence-electron chi connectivity index (χ3n) is 1.79. The van der Waals surface area contributed by atoms with E-state index in [-0.39, 0.29) is 11.3 Å². The molecule has 3 N–H and O–H groups in total. The van der Waals surface area contributed by atoms with E-state index >= 15 is 0 Å². The van der Waals surface area contributed by atoms with Crippen LogP contribution in [-0.2, 0) is 0 Å². The lowest BCUT2D eigenvalue weighted by Gasteiger charge is -2.08. The normalized spacial score (nSPS) is 9.56. The molecule has 0 spiro atoms. The standard InChI is InChI=1S/C10H11ClN2O3/c11-5-6-12-10(16)13-8-4-2-1-3-7(8)9(14)15/h1-4H,5-6H2,(H,14,15)(H2,12,13,16). The van der Waals surface area contributed by atoms with E-state index < -0.39 is 12.0 Å². The summed E-state index contributed by atoms with van der Waals surface area (Å²) < 4.78 is 0. The number of carbonyl (C=O) groups excluding carboxylic acids is 1. The summed E-state index contributed by atoms with van der Waals surface area (Å²) in [6, 6.07) is 5.69. The van der Waals surface area contributed by atoms with Gasteiger partial charge in [-0.3, -0.25) is 0 Å². The summed E-state index contributed by atoms with van der Waals surface area (Å²) in [4.78, 5) is 22.1. The maximum atomic E-state index is 11.3. The van der Waals surface area contributed by atoms with Crippen LogP contribution in [0.4, 0.5) is 10.5 Å². The zero-order valence-corrected chi connectivity index (χ0v) is 9.12. The number of aromatic carboxylic acids is 1. The zero-order chi connectivity index (χ0) is 12.0. The number of carbonyl (C=O) groups is 2. The lowest BCUT2D eigenvalue weighted by molar-refractivity contribution is 0.0698. The maximum absolute atomic E-state index is 11.3. The van der Waals surface area contributed by atoms with E-state index in [1.54, 1.807) is 12.1 Å². The summed E-state index contributed by atoms with van der Waals surface area (Å²) in [6.45, 7) is 0.322. The largest absolute Gasteiger partial charge is 0.478 e. The highest BCUT2D eigenvalue weighted by Crippen LogP contribution is 2.14. The molecule has 0 saturated heterocycles. The number of halogens is 1. The van der Waals surface area contributed by atoms with Gasteiger partial charge in [0.2, 0.25) is 0 Å². The third-order valence-corrected chi connectivity index (χ3v) is 1.97. The Hall–Kier alpha value is -1.75. The Morgan fingerprint density at radius 1 is 1.31 bits per heavy atom. The first-order chi connectivity index (χ1) is 7.65. The number of amides is 2. The van der Waals surface area contributed by atoms with Gasteiger partial charge in [0.25, 0.3) is 0 Å². The van der Waals surface area contributed by atoms with Gasteiger partial charge in [0, 0.05) is 12.4 Å². The average Bonchev–Trinajstić information content (AvgIpc) is 2.27. The number of anilines is 1. The molecule has 0 saturated carbocycles. The molecule has 2 amide bonds. The molecule has 0 heterocycles. The lowest BCUT2D eigenvalue weighted by Crippen LogP contribution is -2.30. The summed E-state index contributed by atoms with van der Waals surface area (Å²) in [5, 5.41) is 13.8. The second-order valence-corrected chi connectivity index (χ2v) is 3.30. The van der Waals surface area contributed by atoms with Crippen molar-refractivity contribution in [1.82, 2.24) is 5.32 Å². The highest BCUT2D eigenvalue weighted by Gasteiger charge is 2.10. The van der Waals surface area contributed by atoms with Gasteiger partial charge >= 0.3 is 12.0 Å². The second kappa shape index (κ2) is 5.97. The van der Waals surface area contributed by atoms with Crippen LogP contribution in [0.2, 0.25) is 0 Å². The number of hydrogen-bond acceptors (Lipinski definition) is 2. The second-order valence-electron chi connectivity index (χ2n) is 2.92. The van der Waals surface area contributed by atoms with Crippen LogP contribution in [0.25, 0.3) is 0 Å². The van der Waals surface area contributed by atoms with E-state index in [1.807, 2.05) is 0 Å². The molecule has 16 heavy (non-hydrogen) atoms. The van der Waals surface area contributed by atoms with Gasteiger partial charge in [0.1, 0.15) is 0 Å². The third kappa shape index (κ3) is 3.43. The Bertz CT molecular complexity index is 395. The Morgan fingerprint density at radius 2 is 2.00 bits per heavy atom. The molecule has 6 heteroatoms. The molecular formula is C10H11ClN2O3. The average molecular weight is 243 g/mol. The van der Waals surface area contributed by atoms with E-state index in [0.29, 0.717) is 12.4 Å².